The second-order valence-electron chi connectivity index (χ2n) is 9.83. The Hall–Kier alpha value is -4.20. The number of amides is 1. The monoisotopic (exact) mass is 513 g/mol. The molecule has 0 spiro atoms. The number of fused-ring (bicyclic) bond motifs is 1. The fourth-order valence-electron chi connectivity index (χ4n) is 4.74. The fraction of sp³-hybridized carbons (Fsp3) is 0.267. The van der Waals surface area contributed by atoms with Gasteiger partial charge in [0.1, 0.15) is 18.5 Å². The lowest BCUT2D eigenvalue weighted by Crippen LogP contribution is -2.33. The SMILES string of the molecule is Cc1ccc(-c2nccnc2C(CC2=CC(F)CC(F)=C2)NC(=O)Cn2cnc3cc(C)c(C)cc32)cc1. The fourth-order valence-corrected chi connectivity index (χ4v) is 4.74. The summed E-state index contributed by atoms with van der Waals surface area (Å²) in [4.78, 5) is 26.9. The van der Waals surface area contributed by atoms with Gasteiger partial charge in [-0.1, -0.05) is 29.8 Å². The van der Waals surface area contributed by atoms with Crippen LogP contribution in [0.2, 0.25) is 0 Å². The van der Waals surface area contributed by atoms with E-state index in [1.807, 2.05) is 57.2 Å². The number of carbonyl (C=O) groups excluding carboxylic acids is 1. The number of nitrogens with one attached hydrogen (secondary N) is 1. The van der Waals surface area contributed by atoms with Gasteiger partial charge in [-0.15, -0.1) is 0 Å². The molecule has 38 heavy (non-hydrogen) atoms. The third-order valence-corrected chi connectivity index (χ3v) is 6.83. The van der Waals surface area contributed by atoms with Crippen LogP contribution < -0.4 is 5.32 Å². The molecule has 0 radical (unpaired) electrons. The van der Waals surface area contributed by atoms with Crippen LogP contribution in [0.25, 0.3) is 22.3 Å². The Morgan fingerprint density at radius 2 is 1.82 bits per heavy atom. The van der Waals surface area contributed by atoms with Crippen LogP contribution in [0.3, 0.4) is 0 Å². The van der Waals surface area contributed by atoms with Gasteiger partial charge in [0.25, 0.3) is 0 Å². The molecular weight excluding hydrogens is 484 g/mol. The van der Waals surface area contributed by atoms with Crippen LogP contribution in [0.4, 0.5) is 8.78 Å². The van der Waals surface area contributed by atoms with Crippen molar-refractivity contribution in [3.8, 4) is 11.3 Å². The highest BCUT2D eigenvalue weighted by Gasteiger charge is 2.25. The van der Waals surface area contributed by atoms with E-state index in [0.29, 0.717) is 17.0 Å². The Morgan fingerprint density at radius 1 is 1.08 bits per heavy atom. The van der Waals surface area contributed by atoms with E-state index in [-0.39, 0.29) is 25.3 Å². The van der Waals surface area contributed by atoms with Gasteiger partial charge in [0.2, 0.25) is 5.91 Å². The lowest BCUT2D eigenvalue weighted by molar-refractivity contribution is -0.122. The average Bonchev–Trinajstić information content (AvgIpc) is 3.24. The average molecular weight is 514 g/mol. The molecule has 6 nitrogen and oxygen atoms in total. The first-order chi connectivity index (χ1) is 18.3. The number of allylic oxidation sites excluding steroid dienone is 3. The molecule has 8 heteroatoms. The van der Waals surface area contributed by atoms with Gasteiger partial charge >= 0.3 is 0 Å². The summed E-state index contributed by atoms with van der Waals surface area (Å²) in [6.07, 6.45) is 6.03. The number of alkyl halides is 1. The van der Waals surface area contributed by atoms with Crippen LogP contribution in [-0.2, 0) is 11.3 Å². The number of nitrogens with zero attached hydrogens (tertiary/aromatic N) is 4. The number of aromatic nitrogens is 4. The Bertz CT molecular complexity index is 1550. The van der Waals surface area contributed by atoms with Crippen LogP contribution in [0, 0.1) is 20.8 Å². The first kappa shape index (κ1) is 25.4. The molecule has 2 atom stereocenters. The van der Waals surface area contributed by atoms with Crippen molar-refractivity contribution >= 4 is 16.9 Å². The van der Waals surface area contributed by atoms with Crippen LogP contribution in [-0.4, -0.2) is 31.6 Å². The molecule has 5 rings (SSSR count). The largest absolute Gasteiger partial charge is 0.346 e. The third kappa shape index (κ3) is 5.54. The van der Waals surface area contributed by atoms with E-state index in [1.54, 1.807) is 23.3 Å². The molecule has 194 valence electrons. The molecule has 2 aromatic carbocycles. The normalized spacial score (nSPS) is 16.2. The van der Waals surface area contributed by atoms with E-state index in [1.165, 1.54) is 12.2 Å². The molecule has 1 aliphatic carbocycles. The van der Waals surface area contributed by atoms with Crippen molar-refractivity contribution in [2.45, 2.75) is 52.4 Å². The van der Waals surface area contributed by atoms with E-state index in [2.05, 4.69) is 20.3 Å². The quantitative estimate of drug-likeness (QED) is 0.320. The maximum Gasteiger partial charge on any atom is 0.240 e. The number of halogens is 2. The van der Waals surface area contributed by atoms with Crippen molar-refractivity contribution in [3.05, 3.63) is 101 Å². The lowest BCUT2D eigenvalue weighted by atomic mass is 9.94. The summed E-state index contributed by atoms with van der Waals surface area (Å²) in [7, 11) is 0. The molecule has 2 heterocycles. The van der Waals surface area contributed by atoms with Crippen molar-refractivity contribution < 1.29 is 13.6 Å². The van der Waals surface area contributed by atoms with E-state index in [0.717, 1.165) is 33.3 Å². The first-order valence-electron chi connectivity index (χ1n) is 12.6. The molecule has 4 aromatic rings. The maximum absolute atomic E-state index is 14.2. The van der Waals surface area contributed by atoms with Gasteiger partial charge in [-0.3, -0.25) is 14.8 Å². The van der Waals surface area contributed by atoms with Gasteiger partial charge in [0, 0.05) is 24.4 Å². The van der Waals surface area contributed by atoms with E-state index >= 15 is 0 Å². The van der Waals surface area contributed by atoms with Crippen molar-refractivity contribution in [3.63, 3.8) is 0 Å². The van der Waals surface area contributed by atoms with Gasteiger partial charge < -0.3 is 9.88 Å². The van der Waals surface area contributed by atoms with Crippen LogP contribution in [0.15, 0.2) is 78.7 Å². The number of imidazole rings is 1. The molecule has 0 saturated heterocycles. The zero-order valence-electron chi connectivity index (χ0n) is 21.6. The lowest BCUT2D eigenvalue weighted by Gasteiger charge is -2.23. The minimum absolute atomic E-state index is 0.0324. The number of carbonyl (C=O) groups is 1. The molecule has 0 saturated carbocycles. The van der Waals surface area contributed by atoms with Crippen molar-refractivity contribution in [2.75, 3.05) is 0 Å². The molecule has 2 unspecified atom stereocenters. The van der Waals surface area contributed by atoms with Crippen LogP contribution in [0.1, 0.15) is 41.3 Å². The van der Waals surface area contributed by atoms with Crippen molar-refractivity contribution in [2.24, 2.45) is 0 Å². The molecular formula is C30H29F2N5O. The van der Waals surface area contributed by atoms with Gasteiger partial charge in [-0.25, -0.2) is 13.8 Å². The topological polar surface area (TPSA) is 72.7 Å². The molecule has 1 amide bonds. The van der Waals surface area contributed by atoms with Crippen LogP contribution in [0.5, 0.6) is 0 Å². The van der Waals surface area contributed by atoms with Gasteiger partial charge in [0.05, 0.1) is 34.8 Å². The molecule has 2 aromatic heterocycles. The summed E-state index contributed by atoms with van der Waals surface area (Å²) in [5.41, 5.74) is 7.46. The minimum atomic E-state index is -1.41. The van der Waals surface area contributed by atoms with E-state index in [4.69, 9.17) is 0 Å². The Labute approximate surface area is 220 Å². The highest BCUT2D eigenvalue weighted by atomic mass is 19.1. The summed E-state index contributed by atoms with van der Waals surface area (Å²) in [6.45, 7) is 6.07. The molecule has 0 bridgehead atoms. The number of hydrogen-bond donors (Lipinski definition) is 1. The highest BCUT2D eigenvalue weighted by molar-refractivity contribution is 5.82. The zero-order valence-corrected chi connectivity index (χ0v) is 21.6. The Kier molecular flexibility index (Phi) is 7.13. The van der Waals surface area contributed by atoms with Gasteiger partial charge in [-0.2, -0.15) is 0 Å². The number of aryl methyl sites for hydroxylation is 3. The Morgan fingerprint density at radius 3 is 2.58 bits per heavy atom. The summed E-state index contributed by atoms with van der Waals surface area (Å²) >= 11 is 0. The summed E-state index contributed by atoms with van der Waals surface area (Å²) < 4.78 is 30.1. The summed E-state index contributed by atoms with van der Waals surface area (Å²) in [5.74, 6) is -0.792. The van der Waals surface area contributed by atoms with Gasteiger partial charge in [-0.05, 0) is 68.2 Å². The van der Waals surface area contributed by atoms with Crippen molar-refractivity contribution in [1.82, 2.24) is 24.8 Å². The smallest absolute Gasteiger partial charge is 0.240 e. The second kappa shape index (κ2) is 10.7. The molecule has 0 aliphatic heterocycles. The first-order valence-corrected chi connectivity index (χ1v) is 12.6. The number of rotatable bonds is 7. The van der Waals surface area contributed by atoms with Crippen molar-refractivity contribution in [1.29, 1.82) is 0 Å². The number of benzene rings is 2. The highest BCUT2D eigenvalue weighted by Crippen LogP contribution is 2.32. The number of hydrogen-bond acceptors (Lipinski definition) is 4. The third-order valence-electron chi connectivity index (χ3n) is 6.83. The van der Waals surface area contributed by atoms with Gasteiger partial charge in [0.15, 0.2) is 0 Å². The molecule has 1 N–H and O–H groups in total. The summed E-state index contributed by atoms with van der Waals surface area (Å²) in [5, 5.41) is 3.06. The molecule has 0 fully saturated rings. The minimum Gasteiger partial charge on any atom is -0.346 e. The zero-order chi connectivity index (χ0) is 26.8. The second-order valence-corrected chi connectivity index (χ2v) is 9.83. The predicted octanol–water partition coefficient (Wildman–Crippen LogP) is 6.19. The van der Waals surface area contributed by atoms with E-state index < -0.39 is 18.0 Å². The predicted molar refractivity (Wildman–Crippen MR) is 144 cm³/mol. The summed E-state index contributed by atoms with van der Waals surface area (Å²) in [6, 6.07) is 11.2. The molecule has 1 aliphatic rings. The maximum atomic E-state index is 14.2. The Balaban J connectivity index is 1.48. The standard InChI is InChI=1S/C30H29F2N5O/c1-18-4-6-22(7-5-18)29-30(34-9-8-33-29)26(14-21-12-23(31)15-24(32)13-21)36-28(38)16-37-17-35-25-10-19(2)20(3)11-27(25)37/h4-13,17,23,26H,14-16H2,1-3H3,(H,36,38). The van der Waals surface area contributed by atoms with E-state index in [9.17, 15) is 13.6 Å². The van der Waals surface area contributed by atoms with Crippen LogP contribution >= 0.6 is 0 Å².